The summed E-state index contributed by atoms with van der Waals surface area (Å²) in [6.45, 7) is 0. The van der Waals surface area contributed by atoms with E-state index >= 15 is 0 Å². The molecule has 7 nitrogen and oxygen atoms in total. The van der Waals surface area contributed by atoms with Crippen molar-refractivity contribution in [3.63, 3.8) is 0 Å². The molecule has 4 N–H and O–H groups in total. The van der Waals surface area contributed by atoms with Crippen LogP contribution in [0.5, 0.6) is 23.0 Å². The number of rotatable bonds is 4. The van der Waals surface area contributed by atoms with E-state index in [-0.39, 0.29) is 0 Å². The molecule has 1 aromatic carbocycles. The maximum Gasteiger partial charge on any atom is 0.204 e. The first-order valence-electron chi connectivity index (χ1n) is 6.66. The summed E-state index contributed by atoms with van der Waals surface area (Å²) in [7, 11) is 2.98. The minimum absolute atomic E-state index is 0.327. The summed E-state index contributed by atoms with van der Waals surface area (Å²) in [5.74, 6) is 1.55. The molecule has 1 aromatic rings. The molecule has 1 aliphatic carbocycles. The van der Waals surface area contributed by atoms with Crippen LogP contribution in [0.15, 0.2) is 12.1 Å². The Morgan fingerprint density at radius 1 is 1.24 bits per heavy atom. The number of nitrogens with two attached hydrogens (primary N) is 1. The van der Waals surface area contributed by atoms with Gasteiger partial charge in [-0.2, -0.15) is 0 Å². The second kappa shape index (κ2) is 7.16. The van der Waals surface area contributed by atoms with Crippen molar-refractivity contribution < 1.29 is 24.3 Å². The van der Waals surface area contributed by atoms with Gasteiger partial charge in [0.25, 0.3) is 0 Å². The molecular formula is C14H20N2O5. The molecule has 21 heavy (non-hydrogen) atoms. The summed E-state index contributed by atoms with van der Waals surface area (Å²) in [6.07, 6.45) is 7.30. The Bertz CT molecular complexity index is 514. The van der Waals surface area contributed by atoms with Gasteiger partial charge in [-0.3, -0.25) is 10.9 Å². The Balaban J connectivity index is 0.000000477. The first-order chi connectivity index (χ1) is 10.2. The second-order valence-electron chi connectivity index (χ2n) is 4.55. The highest BCUT2D eigenvalue weighted by molar-refractivity contribution is 5.73. The van der Waals surface area contributed by atoms with Crippen LogP contribution in [0.2, 0.25) is 0 Å². The molecule has 0 amide bonds. The predicted octanol–water partition coefficient (Wildman–Crippen LogP) is 1.84. The van der Waals surface area contributed by atoms with Gasteiger partial charge in [0, 0.05) is 6.07 Å². The van der Waals surface area contributed by atoms with E-state index in [1.54, 1.807) is 23.9 Å². The first kappa shape index (κ1) is 15.4. The summed E-state index contributed by atoms with van der Waals surface area (Å²) in [5, 5.41) is 8.63. The van der Waals surface area contributed by atoms with Gasteiger partial charge < -0.3 is 19.0 Å². The van der Waals surface area contributed by atoms with Gasteiger partial charge in [0.15, 0.2) is 23.5 Å². The van der Waals surface area contributed by atoms with Crippen molar-refractivity contribution in [1.82, 2.24) is 5.64 Å². The number of hydrogen-bond donors (Lipinski definition) is 3. The Morgan fingerprint density at radius 3 is 2.48 bits per heavy atom. The van der Waals surface area contributed by atoms with Crippen LogP contribution in [0, 0.1) is 0 Å². The van der Waals surface area contributed by atoms with Crippen LogP contribution in [0.1, 0.15) is 24.8 Å². The lowest BCUT2D eigenvalue weighted by molar-refractivity contribution is -0.0440. The fraction of sp³-hybridized carbons (Fsp3) is 0.429. The van der Waals surface area contributed by atoms with E-state index in [1.807, 2.05) is 0 Å². The normalized spacial score (nSPS) is 17.8. The molecule has 1 heterocycles. The zero-order valence-electron chi connectivity index (χ0n) is 12.1. The van der Waals surface area contributed by atoms with E-state index in [0.717, 1.165) is 0 Å². The van der Waals surface area contributed by atoms with Crippen LogP contribution < -0.4 is 30.4 Å². The molecular weight excluding hydrogens is 276 g/mol. The third kappa shape index (κ3) is 3.78. The SMILES string of the molecule is C1CC1.COc1cc(ONO)c2c(c1OC)OC(N)C=C2. The van der Waals surface area contributed by atoms with Gasteiger partial charge in [0.2, 0.25) is 5.75 Å². The van der Waals surface area contributed by atoms with Crippen LogP contribution in [0.3, 0.4) is 0 Å². The maximum atomic E-state index is 8.63. The number of benzene rings is 1. The van der Waals surface area contributed by atoms with Crippen molar-refractivity contribution in [1.29, 1.82) is 0 Å². The number of fused-ring (bicyclic) bond motifs is 1. The Labute approximate surface area is 123 Å². The molecule has 1 unspecified atom stereocenters. The molecule has 1 fully saturated rings. The Hall–Kier alpha value is -1.96. The van der Waals surface area contributed by atoms with Crippen molar-refractivity contribution >= 4 is 6.08 Å². The minimum atomic E-state index is -0.576. The van der Waals surface area contributed by atoms with Crippen molar-refractivity contribution in [3.8, 4) is 23.0 Å². The summed E-state index contributed by atoms with van der Waals surface area (Å²) in [4.78, 5) is 4.88. The van der Waals surface area contributed by atoms with Gasteiger partial charge in [-0.1, -0.05) is 19.3 Å². The van der Waals surface area contributed by atoms with Crippen molar-refractivity contribution in [2.75, 3.05) is 14.2 Å². The highest BCUT2D eigenvalue weighted by atomic mass is 16.8. The molecule has 2 aliphatic rings. The highest BCUT2D eigenvalue weighted by Gasteiger charge is 2.24. The van der Waals surface area contributed by atoms with E-state index in [4.69, 9.17) is 30.0 Å². The first-order valence-corrected chi connectivity index (χ1v) is 6.66. The van der Waals surface area contributed by atoms with E-state index in [1.165, 1.54) is 33.5 Å². The third-order valence-electron chi connectivity index (χ3n) is 2.84. The van der Waals surface area contributed by atoms with Crippen molar-refractivity contribution in [2.45, 2.75) is 25.5 Å². The van der Waals surface area contributed by atoms with E-state index in [9.17, 15) is 0 Å². The lowest BCUT2D eigenvalue weighted by Gasteiger charge is -2.23. The lowest BCUT2D eigenvalue weighted by atomic mass is 10.1. The van der Waals surface area contributed by atoms with Gasteiger partial charge in [-0.15, -0.1) is 0 Å². The molecule has 0 spiro atoms. The van der Waals surface area contributed by atoms with Crippen molar-refractivity contribution in [3.05, 3.63) is 17.7 Å². The molecule has 3 rings (SSSR count). The van der Waals surface area contributed by atoms with Gasteiger partial charge in [0.1, 0.15) is 0 Å². The fourth-order valence-electron chi connectivity index (χ4n) is 1.73. The molecule has 0 radical (unpaired) electrons. The quantitative estimate of drug-likeness (QED) is 0.730. The number of nitrogens with one attached hydrogen (secondary N) is 1. The topological polar surface area (TPSA) is 95.2 Å². The van der Waals surface area contributed by atoms with Crippen LogP contribution in [0.4, 0.5) is 0 Å². The zero-order chi connectivity index (χ0) is 15.2. The molecule has 116 valence electrons. The summed E-state index contributed by atoms with van der Waals surface area (Å²) in [5.41, 5.74) is 7.89. The smallest absolute Gasteiger partial charge is 0.204 e. The Kier molecular flexibility index (Phi) is 5.26. The van der Waals surface area contributed by atoms with Gasteiger partial charge in [-0.25, -0.2) is 0 Å². The van der Waals surface area contributed by atoms with Gasteiger partial charge in [-0.05, 0) is 17.8 Å². The van der Waals surface area contributed by atoms with E-state index < -0.39 is 6.23 Å². The van der Waals surface area contributed by atoms with Crippen molar-refractivity contribution in [2.24, 2.45) is 5.73 Å². The maximum absolute atomic E-state index is 8.63. The number of hydrogen-bond acceptors (Lipinski definition) is 7. The lowest BCUT2D eigenvalue weighted by Crippen LogP contribution is -2.27. The van der Waals surface area contributed by atoms with E-state index in [2.05, 4.69) is 0 Å². The summed E-state index contributed by atoms with van der Waals surface area (Å²) in [6, 6.07) is 1.56. The van der Waals surface area contributed by atoms with Gasteiger partial charge in [0.05, 0.1) is 19.8 Å². The standard InChI is InChI=1S/C11H14N2O5.C3H6/c1-15-8-5-7(18-13-14)6-3-4-9(12)17-10(6)11(8)16-2;1-2-3-1/h3-5,9,13-14H,12H2,1-2H3;1-3H2. The van der Waals surface area contributed by atoms with Gasteiger partial charge >= 0.3 is 0 Å². The fourth-order valence-corrected chi connectivity index (χ4v) is 1.73. The molecule has 0 bridgehead atoms. The van der Waals surface area contributed by atoms with Crippen LogP contribution in [-0.2, 0) is 0 Å². The molecule has 7 heteroatoms. The molecule has 0 aromatic heterocycles. The molecule has 1 saturated carbocycles. The second-order valence-corrected chi connectivity index (χ2v) is 4.55. The molecule has 0 saturated heterocycles. The minimum Gasteiger partial charge on any atom is -0.493 e. The predicted molar refractivity (Wildman–Crippen MR) is 76.6 cm³/mol. The Morgan fingerprint density at radius 2 is 1.95 bits per heavy atom. The van der Waals surface area contributed by atoms with Crippen LogP contribution >= 0.6 is 0 Å². The summed E-state index contributed by atoms with van der Waals surface area (Å²) < 4.78 is 15.9. The van der Waals surface area contributed by atoms with Crippen LogP contribution in [0.25, 0.3) is 6.08 Å². The molecule has 1 aliphatic heterocycles. The number of ether oxygens (including phenoxy) is 3. The summed E-state index contributed by atoms with van der Waals surface area (Å²) >= 11 is 0. The molecule has 1 atom stereocenters. The zero-order valence-corrected chi connectivity index (χ0v) is 12.1. The van der Waals surface area contributed by atoms with Crippen LogP contribution in [-0.4, -0.2) is 25.7 Å². The average molecular weight is 296 g/mol. The number of methoxy groups -OCH3 is 2. The third-order valence-corrected chi connectivity index (χ3v) is 2.84. The van der Waals surface area contributed by atoms with E-state index in [0.29, 0.717) is 28.6 Å². The highest BCUT2D eigenvalue weighted by Crippen LogP contribution is 2.47. The largest absolute Gasteiger partial charge is 0.493 e. The average Bonchev–Trinajstić information content (AvgIpc) is 3.35. The monoisotopic (exact) mass is 296 g/mol.